The Bertz CT molecular complexity index is 409. The summed E-state index contributed by atoms with van der Waals surface area (Å²) in [4.78, 5) is 10.3. The lowest BCUT2D eigenvalue weighted by Crippen LogP contribution is -1.79. The SMILES string of the molecule is O=Cc1ccc(C#CC#CCl)cc1. The Morgan fingerprint density at radius 3 is 2.38 bits per heavy atom. The largest absolute Gasteiger partial charge is 0.298 e. The van der Waals surface area contributed by atoms with Crippen molar-refractivity contribution in [2.75, 3.05) is 0 Å². The van der Waals surface area contributed by atoms with Crippen LogP contribution in [-0.2, 0) is 0 Å². The van der Waals surface area contributed by atoms with Crippen LogP contribution in [-0.4, -0.2) is 6.29 Å². The first-order chi connectivity index (χ1) is 6.36. The van der Waals surface area contributed by atoms with Crippen molar-refractivity contribution in [1.82, 2.24) is 0 Å². The Hall–Kier alpha value is -1.70. The molecule has 2 heteroatoms. The highest BCUT2D eigenvalue weighted by atomic mass is 35.5. The highest BCUT2D eigenvalue weighted by Gasteiger charge is 1.88. The minimum Gasteiger partial charge on any atom is -0.298 e. The van der Waals surface area contributed by atoms with Crippen LogP contribution in [0.15, 0.2) is 24.3 Å². The van der Waals surface area contributed by atoms with E-state index in [-0.39, 0.29) is 0 Å². The van der Waals surface area contributed by atoms with E-state index >= 15 is 0 Å². The maximum Gasteiger partial charge on any atom is 0.150 e. The van der Waals surface area contributed by atoms with Crippen molar-refractivity contribution in [1.29, 1.82) is 0 Å². The standard InChI is InChI=1S/C11H5ClO/c12-8-2-1-3-10-4-6-11(9-13)7-5-10/h4-7,9H. The smallest absolute Gasteiger partial charge is 0.150 e. The number of hydrogen-bond acceptors (Lipinski definition) is 1. The van der Waals surface area contributed by atoms with E-state index in [1.54, 1.807) is 24.3 Å². The first-order valence-corrected chi connectivity index (χ1v) is 3.91. The Morgan fingerprint density at radius 1 is 1.15 bits per heavy atom. The van der Waals surface area contributed by atoms with Crippen molar-refractivity contribution < 1.29 is 4.79 Å². The summed E-state index contributed by atoms with van der Waals surface area (Å²) in [5, 5.41) is 2.15. The molecule has 0 aliphatic carbocycles. The van der Waals surface area contributed by atoms with Crippen molar-refractivity contribution in [2.24, 2.45) is 0 Å². The molecule has 1 aromatic carbocycles. The van der Waals surface area contributed by atoms with Crippen LogP contribution in [0.2, 0.25) is 0 Å². The molecule has 0 aliphatic heterocycles. The Balaban J connectivity index is 2.86. The van der Waals surface area contributed by atoms with E-state index in [0.717, 1.165) is 11.8 Å². The van der Waals surface area contributed by atoms with Crippen LogP contribution < -0.4 is 0 Å². The summed E-state index contributed by atoms with van der Waals surface area (Å²) >= 11 is 5.11. The zero-order chi connectivity index (χ0) is 9.52. The van der Waals surface area contributed by atoms with Crippen molar-refractivity contribution in [3.8, 4) is 23.1 Å². The van der Waals surface area contributed by atoms with Gasteiger partial charge in [-0.05, 0) is 29.7 Å². The summed E-state index contributed by atoms with van der Waals surface area (Å²) in [5.74, 6) is 7.74. The first-order valence-electron chi connectivity index (χ1n) is 3.53. The van der Waals surface area contributed by atoms with Crippen LogP contribution in [0.3, 0.4) is 0 Å². The van der Waals surface area contributed by atoms with Gasteiger partial charge in [0.15, 0.2) is 0 Å². The molecule has 0 bridgehead atoms. The normalized spacial score (nSPS) is 7.46. The zero-order valence-corrected chi connectivity index (χ0v) is 7.43. The van der Waals surface area contributed by atoms with Crippen LogP contribution in [0.5, 0.6) is 0 Å². The quantitative estimate of drug-likeness (QED) is 0.487. The van der Waals surface area contributed by atoms with E-state index in [1.807, 2.05) is 0 Å². The highest BCUT2D eigenvalue weighted by Crippen LogP contribution is 1.99. The second-order valence-corrected chi connectivity index (χ2v) is 2.40. The Kier molecular flexibility index (Phi) is 3.64. The third-order valence-electron chi connectivity index (χ3n) is 1.36. The molecule has 0 unspecified atom stereocenters. The molecule has 13 heavy (non-hydrogen) atoms. The summed E-state index contributed by atoms with van der Waals surface area (Å²) in [6.07, 6.45) is 0.787. The monoisotopic (exact) mass is 188 g/mol. The minimum atomic E-state index is 0.633. The summed E-state index contributed by atoms with van der Waals surface area (Å²) in [6.45, 7) is 0. The van der Waals surface area contributed by atoms with Crippen molar-refractivity contribution in [2.45, 2.75) is 0 Å². The van der Waals surface area contributed by atoms with E-state index in [2.05, 4.69) is 23.1 Å². The second-order valence-electron chi connectivity index (χ2n) is 2.21. The van der Waals surface area contributed by atoms with Crippen LogP contribution in [0.25, 0.3) is 0 Å². The molecule has 0 saturated carbocycles. The van der Waals surface area contributed by atoms with E-state index in [9.17, 15) is 4.79 Å². The van der Waals surface area contributed by atoms with E-state index in [0.29, 0.717) is 5.56 Å². The third-order valence-corrected chi connectivity index (χ3v) is 1.46. The van der Waals surface area contributed by atoms with Crippen LogP contribution in [0.1, 0.15) is 15.9 Å². The lowest BCUT2D eigenvalue weighted by molar-refractivity contribution is 0.112. The summed E-state index contributed by atoms with van der Waals surface area (Å²) in [6, 6.07) is 6.91. The molecule has 0 fully saturated rings. The number of carbonyl (C=O) groups is 1. The van der Waals surface area contributed by atoms with Gasteiger partial charge in [0.1, 0.15) is 6.29 Å². The highest BCUT2D eigenvalue weighted by molar-refractivity contribution is 6.30. The maximum absolute atomic E-state index is 10.3. The molecule has 1 rings (SSSR count). The summed E-state index contributed by atoms with van der Waals surface area (Å²) in [5.41, 5.74) is 1.44. The Labute approximate surface area is 81.7 Å². The third kappa shape index (κ3) is 3.03. The van der Waals surface area contributed by atoms with Gasteiger partial charge in [0.25, 0.3) is 0 Å². The van der Waals surface area contributed by atoms with Gasteiger partial charge in [-0.1, -0.05) is 18.1 Å². The molecule has 0 aliphatic rings. The minimum absolute atomic E-state index is 0.633. The fraction of sp³-hybridized carbons (Fsp3) is 0. The molecule has 0 radical (unpaired) electrons. The molecule has 0 saturated heterocycles. The lowest BCUT2D eigenvalue weighted by Gasteiger charge is -1.89. The predicted octanol–water partition coefficient (Wildman–Crippen LogP) is 2.05. The van der Waals surface area contributed by atoms with Gasteiger partial charge in [0.05, 0.1) is 0 Å². The molecule has 1 nitrogen and oxygen atoms in total. The topological polar surface area (TPSA) is 17.1 Å². The lowest BCUT2D eigenvalue weighted by atomic mass is 10.1. The zero-order valence-electron chi connectivity index (χ0n) is 6.67. The van der Waals surface area contributed by atoms with E-state index in [4.69, 9.17) is 11.6 Å². The molecular weight excluding hydrogens is 184 g/mol. The molecule has 0 spiro atoms. The number of aldehydes is 1. The first kappa shape index (κ1) is 9.39. The molecule has 1 aromatic rings. The molecule has 0 atom stereocenters. The number of hydrogen-bond donors (Lipinski definition) is 0. The van der Waals surface area contributed by atoms with Gasteiger partial charge in [-0.2, -0.15) is 0 Å². The van der Waals surface area contributed by atoms with Gasteiger partial charge < -0.3 is 0 Å². The molecule has 0 aromatic heterocycles. The fourth-order valence-corrected chi connectivity index (χ4v) is 0.819. The van der Waals surface area contributed by atoms with Gasteiger partial charge in [-0.25, -0.2) is 0 Å². The van der Waals surface area contributed by atoms with Crippen molar-refractivity contribution in [3.63, 3.8) is 0 Å². The average molecular weight is 189 g/mol. The van der Waals surface area contributed by atoms with Gasteiger partial charge in [-0.3, -0.25) is 4.79 Å². The maximum atomic E-state index is 10.3. The molecular formula is C11H5ClO. The van der Waals surface area contributed by atoms with E-state index < -0.39 is 0 Å². The van der Waals surface area contributed by atoms with Crippen molar-refractivity contribution >= 4 is 17.9 Å². The summed E-state index contributed by atoms with van der Waals surface area (Å²) in [7, 11) is 0. The van der Waals surface area contributed by atoms with E-state index in [1.165, 1.54) is 0 Å². The average Bonchev–Trinajstić information content (AvgIpc) is 2.19. The molecule has 0 N–H and O–H groups in total. The van der Waals surface area contributed by atoms with Gasteiger partial charge >= 0.3 is 0 Å². The van der Waals surface area contributed by atoms with Crippen LogP contribution in [0, 0.1) is 23.1 Å². The second kappa shape index (κ2) is 5.04. The fourth-order valence-electron chi connectivity index (χ4n) is 0.772. The molecule has 0 heterocycles. The van der Waals surface area contributed by atoms with Gasteiger partial charge in [0.2, 0.25) is 0 Å². The summed E-state index contributed by atoms with van der Waals surface area (Å²) < 4.78 is 0. The number of halogens is 1. The van der Waals surface area contributed by atoms with Gasteiger partial charge in [-0.15, -0.1) is 0 Å². The molecule has 62 valence electrons. The predicted molar refractivity (Wildman–Crippen MR) is 52.3 cm³/mol. The van der Waals surface area contributed by atoms with Crippen LogP contribution >= 0.6 is 11.6 Å². The van der Waals surface area contributed by atoms with Crippen molar-refractivity contribution in [3.05, 3.63) is 35.4 Å². The Morgan fingerprint density at radius 2 is 1.85 bits per heavy atom. The number of benzene rings is 1. The van der Waals surface area contributed by atoms with Gasteiger partial charge in [0, 0.05) is 22.4 Å². The number of carbonyl (C=O) groups excluding carboxylic acids is 1. The van der Waals surface area contributed by atoms with Crippen LogP contribution in [0.4, 0.5) is 0 Å². The molecule has 0 amide bonds. The number of rotatable bonds is 1.